The number of methoxy groups -OCH3 is 1. The normalized spacial score (nSPS) is 14.0. The van der Waals surface area contributed by atoms with E-state index in [4.69, 9.17) is 4.74 Å². The topological polar surface area (TPSA) is 56.2 Å². The number of nitrogens with zero attached hydrogens (tertiary/aromatic N) is 2. The number of carbonyl (C=O) groups is 1. The average molecular weight is 289 g/mol. The molecule has 0 aliphatic heterocycles. The monoisotopic (exact) mass is 289 g/mol. The largest absolute Gasteiger partial charge is 0.468 e. The highest BCUT2D eigenvalue weighted by Crippen LogP contribution is 2.17. The second-order valence-electron chi connectivity index (χ2n) is 5.46. The molecule has 1 heterocycles. The predicted octanol–water partition coefficient (Wildman–Crippen LogP) is 2.36. The van der Waals surface area contributed by atoms with Crippen molar-refractivity contribution in [1.82, 2.24) is 15.1 Å². The van der Waals surface area contributed by atoms with Crippen molar-refractivity contribution in [3.63, 3.8) is 0 Å². The van der Waals surface area contributed by atoms with E-state index in [2.05, 4.69) is 22.5 Å². The molecule has 0 saturated heterocycles. The molecule has 21 heavy (non-hydrogen) atoms. The van der Waals surface area contributed by atoms with Gasteiger partial charge >= 0.3 is 5.97 Å². The van der Waals surface area contributed by atoms with Crippen LogP contribution in [0.3, 0.4) is 0 Å². The Morgan fingerprint density at radius 1 is 1.38 bits per heavy atom. The van der Waals surface area contributed by atoms with Crippen LogP contribution in [0.15, 0.2) is 30.5 Å². The van der Waals surface area contributed by atoms with Gasteiger partial charge in [-0.3, -0.25) is 9.48 Å². The Hall–Kier alpha value is -1.88. The van der Waals surface area contributed by atoms with Crippen molar-refractivity contribution in [2.75, 3.05) is 14.2 Å². The molecule has 5 heteroatoms. The van der Waals surface area contributed by atoms with Gasteiger partial charge in [-0.15, -0.1) is 0 Å². The molecule has 0 fully saturated rings. The van der Waals surface area contributed by atoms with Crippen LogP contribution in [-0.2, 0) is 16.1 Å². The van der Waals surface area contributed by atoms with Gasteiger partial charge < -0.3 is 10.1 Å². The number of aromatic nitrogens is 2. The van der Waals surface area contributed by atoms with Gasteiger partial charge in [-0.25, -0.2) is 0 Å². The Kier molecular flexibility index (Phi) is 4.96. The van der Waals surface area contributed by atoms with E-state index in [0.717, 1.165) is 36.7 Å². The minimum atomic E-state index is -0.610. The summed E-state index contributed by atoms with van der Waals surface area (Å²) in [5, 5.41) is 8.62. The molecule has 1 atom stereocenters. The van der Waals surface area contributed by atoms with E-state index >= 15 is 0 Å². The third-order valence-electron chi connectivity index (χ3n) is 4.04. The van der Waals surface area contributed by atoms with E-state index in [9.17, 15) is 4.79 Å². The summed E-state index contributed by atoms with van der Waals surface area (Å²) >= 11 is 0. The number of aryl methyl sites for hydroxylation is 1. The second kappa shape index (κ2) is 6.72. The minimum Gasteiger partial charge on any atom is -0.468 e. The van der Waals surface area contributed by atoms with Gasteiger partial charge in [0.2, 0.25) is 0 Å². The molecule has 0 radical (unpaired) electrons. The van der Waals surface area contributed by atoms with Crippen LogP contribution in [0.5, 0.6) is 0 Å². The molecular formula is C16H23N3O2. The number of fused-ring (bicyclic) bond motifs is 1. The van der Waals surface area contributed by atoms with Crippen LogP contribution in [-0.4, -0.2) is 35.4 Å². The minimum absolute atomic E-state index is 0.213. The summed E-state index contributed by atoms with van der Waals surface area (Å²) in [6, 6.07) is 8.18. The number of likely N-dealkylation sites (N-methyl/N-ethyl adjacent to an activating group) is 1. The van der Waals surface area contributed by atoms with Crippen LogP contribution in [0.1, 0.15) is 26.2 Å². The van der Waals surface area contributed by atoms with E-state index in [0.29, 0.717) is 0 Å². The number of ether oxygens (including phenoxy) is 1. The number of nitrogens with one attached hydrogen (secondary N) is 1. The lowest BCUT2D eigenvalue weighted by molar-refractivity contribution is -0.148. The van der Waals surface area contributed by atoms with Gasteiger partial charge in [0.25, 0.3) is 0 Å². The SMILES string of the molecule is CNC(C)(CCCCn1ncc2ccccc21)C(=O)OC. The summed E-state index contributed by atoms with van der Waals surface area (Å²) in [4.78, 5) is 11.8. The molecule has 1 aromatic carbocycles. The number of rotatable bonds is 7. The van der Waals surface area contributed by atoms with Crippen LogP contribution in [0.25, 0.3) is 10.9 Å². The standard InChI is InChI=1S/C16H23N3O2/c1-16(17-2,15(20)21-3)10-6-7-11-19-14-9-5-4-8-13(14)12-18-19/h4-5,8-9,12,17H,6-7,10-11H2,1-3H3. The number of hydrogen-bond donors (Lipinski definition) is 1. The molecule has 0 spiro atoms. The van der Waals surface area contributed by atoms with Crippen molar-refractivity contribution in [2.24, 2.45) is 0 Å². The third-order valence-corrected chi connectivity index (χ3v) is 4.04. The van der Waals surface area contributed by atoms with Crippen molar-refractivity contribution in [3.8, 4) is 0 Å². The number of unbranched alkanes of at least 4 members (excludes halogenated alkanes) is 1. The van der Waals surface area contributed by atoms with Crippen molar-refractivity contribution >= 4 is 16.9 Å². The fourth-order valence-corrected chi connectivity index (χ4v) is 2.50. The van der Waals surface area contributed by atoms with Crippen molar-refractivity contribution in [1.29, 1.82) is 0 Å². The lowest BCUT2D eigenvalue weighted by Crippen LogP contribution is -2.48. The number of benzene rings is 1. The molecule has 1 unspecified atom stereocenters. The zero-order valence-corrected chi connectivity index (χ0v) is 12.9. The first kappa shape index (κ1) is 15.5. The van der Waals surface area contributed by atoms with Gasteiger partial charge in [-0.1, -0.05) is 18.2 Å². The maximum absolute atomic E-state index is 11.8. The first-order valence-electron chi connectivity index (χ1n) is 7.28. The van der Waals surface area contributed by atoms with Crippen LogP contribution in [0, 0.1) is 0 Å². The first-order chi connectivity index (χ1) is 10.1. The van der Waals surface area contributed by atoms with Crippen molar-refractivity contribution in [2.45, 2.75) is 38.3 Å². The average Bonchev–Trinajstić information content (AvgIpc) is 2.93. The molecular weight excluding hydrogens is 266 g/mol. The highest BCUT2D eigenvalue weighted by molar-refractivity contribution is 5.80. The third kappa shape index (κ3) is 3.42. The summed E-state index contributed by atoms with van der Waals surface area (Å²) in [5.41, 5.74) is 0.544. The maximum Gasteiger partial charge on any atom is 0.325 e. The smallest absolute Gasteiger partial charge is 0.325 e. The molecule has 1 N–H and O–H groups in total. The van der Waals surface area contributed by atoms with Gasteiger partial charge in [0.1, 0.15) is 5.54 Å². The van der Waals surface area contributed by atoms with Crippen LogP contribution < -0.4 is 5.32 Å². The zero-order chi connectivity index (χ0) is 15.3. The number of para-hydroxylation sites is 1. The van der Waals surface area contributed by atoms with Crippen LogP contribution in [0.4, 0.5) is 0 Å². The molecule has 5 nitrogen and oxygen atoms in total. The fraction of sp³-hybridized carbons (Fsp3) is 0.500. The summed E-state index contributed by atoms with van der Waals surface area (Å²) in [5.74, 6) is -0.213. The van der Waals surface area contributed by atoms with Gasteiger partial charge in [-0.2, -0.15) is 5.10 Å². The van der Waals surface area contributed by atoms with Gasteiger partial charge in [0.05, 0.1) is 18.8 Å². The van der Waals surface area contributed by atoms with Gasteiger partial charge in [-0.05, 0) is 39.3 Å². The lowest BCUT2D eigenvalue weighted by Gasteiger charge is -2.25. The van der Waals surface area contributed by atoms with Gasteiger partial charge in [0, 0.05) is 11.9 Å². The molecule has 0 aliphatic rings. The Bertz CT molecular complexity index is 608. The Morgan fingerprint density at radius 2 is 2.14 bits per heavy atom. The van der Waals surface area contributed by atoms with Crippen LogP contribution >= 0.6 is 0 Å². The summed E-state index contributed by atoms with van der Waals surface area (Å²) in [6.45, 7) is 2.73. The van der Waals surface area contributed by atoms with Crippen molar-refractivity contribution < 1.29 is 9.53 Å². The molecule has 0 bridgehead atoms. The highest BCUT2D eigenvalue weighted by Gasteiger charge is 2.31. The fourth-order valence-electron chi connectivity index (χ4n) is 2.50. The van der Waals surface area contributed by atoms with E-state index in [-0.39, 0.29) is 5.97 Å². The number of carbonyl (C=O) groups excluding carboxylic acids is 1. The highest BCUT2D eigenvalue weighted by atomic mass is 16.5. The van der Waals surface area contributed by atoms with E-state index in [1.807, 2.05) is 29.9 Å². The molecule has 2 aromatic rings. The van der Waals surface area contributed by atoms with E-state index in [1.54, 1.807) is 7.05 Å². The summed E-state index contributed by atoms with van der Waals surface area (Å²) < 4.78 is 6.87. The molecule has 2 rings (SSSR count). The summed E-state index contributed by atoms with van der Waals surface area (Å²) in [7, 11) is 3.21. The Morgan fingerprint density at radius 3 is 2.86 bits per heavy atom. The lowest BCUT2D eigenvalue weighted by atomic mass is 9.95. The first-order valence-corrected chi connectivity index (χ1v) is 7.28. The van der Waals surface area contributed by atoms with Crippen molar-refractivity contribution in [3.05, 3.63) is 30.5 Å². The quantitative estimate of drug-likeness (QED) is 0.628. The molecule has 0 amide bonds. The summed E-state index contributed by atoms with van der Waals surface area (Å²) in [6.07, 6.45) is 4.54. The Balaban J connectivity index is 1.88. The second-order valence-corrected chi connectivity index (χ2v) is 5.46. The maximum atomic E-state index is 11.8. The Labute approximate surface area is 125 Å². The van der Waals surface area contributed by atoms with E-state index < -0.39 is 5.54 Å². The van der Waals surface area contributed by atoms with Crippen LogP contribution in [0.2, 0.25) is 0 Å². The van der Waals surface area contributed by atoms with Gasteiger partial charge in [0.15, 0.2) is 0 Å². The number of hydrogen-bond acceptors (Lipinski definition) is 4. The zero-order valence-electron chi connectivity index (χ0n) is 12.9. The molecule has 114 valence electrons. The molecule has 0 aliphatic carbocycles. The molecule has 0 saturated carbocycles. The number of esters is 1. The molecule has 1 aromatic heterocycles. The van der Waals surface area contributed by atoms with E-state index in [1.165, 1.54) is 7.11 Å². The predicted molar refractivity (Wildman–Crippen MR) is 83.1 cm³/mol.